The number of nitrogens with zero attached hydrogens (tertiary/aromatic N) is 2. The number of pyridine rings is 1. The SMILES string of the molecule is O=C(Nc1cnc(Nc2cccnc2)s1)c1ccc(NCCO)cc1. The van der Waals surface area contributed by atoms with E-state index in [-0.39, 0.29) is 12.5 Å². The largest absolute Gasteiger partial charge is 0.395 e. The molecule has 0 aliphatic heterocycles. The normalized spacial score (nSPS) is 10.3. The van der Waals surface area contributed by atoms with E-state index in [1.165, 1.54) is 11.3 Å². The number of rotatable bonds is 7. The molecule has 2 heterocycles. The minimum atomic E-state index is -0.203. The first-order chi connectivity index (χ1) is 12.2. The molecule has 0 atom stereocenters. The number of nitrogens with one attached hydrogen (secondary N) is 3. The Morgan fingerprint density at radius 3 is 2.68 bits per heavy atom. The fraction of sp³-hybridized carbons (Fsp3) is 0.118. The average molecular weight is 355 g/mol. The topological polar surface area (TPSA) is 99.2 Å². The third kappa shape index (κ3) is 4.75. The minimum Gasteiger partial charge on any atom is -0.395 e. The van der Waals surface area contributed by atoms with Gasteiger partial charge in [0, 0.05) is 24.0 Å². The van der Waals surface area contributed by atoms with Gasteiger partial charge in [0.15, 0.2) is 5.13 Å². The second kappa shape index (κ2) is 8.22. The van der Waals surface area contributed by atoms with Gasteiger partial charge in [0.1, 0.15) is 5.00 Å². The third-order valence-corrected chi connectivity index (χ3v) is 4.07. The van der Waals surface area contributed by atoms with Gasteiger partial charge in [0.25, 0.3) is 5.91 Å². The highest BCUT2D eigenvalue weighted by Gasteiger charge is 2.09. The molecular formula is C17H17N5O2S. The van der Waals surface area contributed by atoms with Gasteiger partial charge in [-0.05, 0) is 36.4 Å². The van der Waals surface area contributed by atoms with Crippen LogP contribution in [0.2, 0.25) is 0 Å². The third-order valence-electron chi connectivity index (χ3n) is 3.24. The summed E-state index contributed by atoms with van der Waals surface area (Å²) in [5.74, 6) is -0.203. The lowest BCUT2D eigenvalue weighted by atomic mass is 10.2. The first-order valence-corrected chi connectivity index (χ1v) is 8.45. The predicted octanol–water partition coefficient (Wildman–Crippen LogP) is 2.94. The fourth-order valence-corrected chi connectivity index (χ4v) is 2.81. The van der Waals surface area contributed by atoms with Gasteiger partial charge >= 0.3 is 0 Å². The molecule has 0 aliphatic carbocycles. The highest BCUT2D eigenvalue weighted by molar-refractivity contribution is 7.19. The average Bonchev–Trinajstić information content (AvgIpc) is 3.08. The van der Waals surface area contributed by atoms with Crippen molar-refractivity contribution in [3.8, 4) is 0 Å². The molecule has 0 bridgehead atoms. The van der Waals surface area contributed by atoms with Crippen LogP contribution in [0.3, 0.4) is 0 Å². The molecule has 7 nitrogen and oxygen atoms in total. The Morgan fingerprint density at radius 2 is 1.96 bits per heavy atom. The Balaban J connectivity index is 1.59. The van der Waals surface area contributed by atoms with Crippen LogP contribution in [0.4, 0.5) is 21.5 Å². The van der Waals surface area contributed by atoms with Gasteiger partial charge in [0.05, 0.1) is 24.7 Å². The van der Waals surface area contributed by atoms with Crippen LogP contribution in [0.5, 0.6) is 0 Å². The Hall–Kier alpha value is -2.97. The summed E-state index contributed by atoms with van der Waals surface area (Å²) >= 11 is 1.34. The molecule has 25 heavy (non-hydrogen) atoms. The van der Waals surface area contributed by atoms with Gasteiger partial charge in [-0.2, -0.15) is 0 Å². The summed E-state index contributed by atoms with van der Waals surface area (Å²) < 4.78 is 0. The zero-order valence-corrected chi connectivity index (χ0v) is 14.1. The van der Waals surface area contributed by atoms with Crippen molar-refractivity contribution in [1.29, 1.82) is 0 Å². The van der Waals surface area contributed by atoms with E-state index in [2.05, 4.69) is 25.9 Å². The zero-order chi connectivity index (χ0) is 17.5. The number of thiazole rings is 1. The monoisotopic (exact) mass is 355 g/mol. The van der Waals surface area contributed by atoms with E-state index in [1.54, 1.807) is 42.9 Å². The molecule has 0 saturated heterocycles. The summed E-state index contributed by atoms with van der Waals surface area (Å²) in [5, 5.41) is 19.1. The highest BCUT2D eigenvalue weighted by atomic mass is 32.1. The lowest BCUT2D eigenvalue weighted by molar-refractivity contribution is 0.102. The maximum absolute atomic E-state index is 12.3. The van der Waals surface area contributed by atoms with Gasteiger partial charge in [-0.3, -0.25) is 9.78 Å². The first-order valence-electron chi connectivity index (χ1n) is 7.63. The van der Waals surface area contributed by atoms with Crippen LogP contribution in [-0.2, 0) is 0 Å². The molecule has 4 N–H and O–H groups in total. The first kappa shape index (κ1) is 16.9. The van der Waals surface area contributed by atoms with Crippen LogP contribution < -0.4 is 16.0 Å². The molecule has 2 aromatic heterocycles. The number of aliphatic hydroxyl groups excluding tert-OH is 1. The molecule has 8 heteroatoms. The van der Waals surface area contributed by atoms with Crippen LogP contribution in [0, 0.1) is 0 Å². The second-order valence-electron chi connectivity index (χ2n) is 5.08. The van der Waals surface area contributed by atoms with Crippen molar-refractivity contribution in [3.05, 3.63) is 60.6 Å². The van der Waals surface area contributed by atoms with Crippen LogP contribution in [0.1, 0.15) is 10.4 Å². The van der Waals surface area contributed by atoms with Crippen molar-refractivity contribution in [1.82, 2.24) is 9.97 Å². The lowest BCUT2D eigenvalue weighted by Gasteiger charge is -2.06. The summed E-state index contributed by atoms with van der Waals surface area (Å²) in [7, 11) is 0. The number of amides is 1. The van der Waals surface area contributed by atoms with Gasteiger partial charge in [-0.15, -0.1) is 0 Å². The fourth-order valence-electron chi connectivity index (χ4n) is 2.07. The number of aromatic nitrogens is 2. The van der Waals surface area contributed by atoms with E-state index in [9.17, 15) is 4.79 Å². The molecule has 0 spiro atoms. The molecule has 1 aromatic carbocycles. The van der Waals surface area contributed by atoms with E-state index >= 15 is 0 Å². The van der Waals surface area contributed by atoms with E-state index in [4.69, 9.17) is 5.11 Å². The summed E-state index contributed by atoms with van der Waals surface area (Å²) in [6.07, 6.45) is 5.01. The van der Waals surface area contributed by atoms with Crippen LogP contribution in [0.25, 0.3) is 0 Å². The maximum atomic E-state index is 12.3. The van der Waals surface area contributed by atoms with Crippen molar-refractivity contribution in [2.24, 2.45) is 0 Å². The highest BCUT2D eigenvalue weighted by Crippen LogP contribution is 2.26. The van der Waals surface area contributed by atoms with E-state index < -0.39 is 0 Å². The van der Waals surface area contributed by atoms with Gasteiger partial charge < -0.3 is 21.1 Å². The minimum absolute atomic E-state index is 0.0586. The quantitative estimate of drug-likeness (QED) is 0.520. The Bertz CT molecular complexity index is 821. The smallest absolute Gasteiger partial charge is 0.256 e. The Kier molecular flexibility index (Phi) is 5.55. The predicted molar refractivity (Wildman–Crippen MR) is 99.6 cm³/mol. The number of anilines is 4. The summed E-state index contributed by atoms with van der Waals surface area (Å²) in [6, 6.07) is 10.8. The number of hydrogen-bond donors (Lipinski definition) is 4. The molecular weight excluding hydrogens is 338 g/mol. The van der Waals surface area contributed by atoms with Crippen LogP contribution >= 0.6 is 11.3 Å². The zero-order valence-electron chi connectivity index (χ0n) is 13.3. The van der Waals surface area contributed by atoms with Crippen LogP contribution in [-0.4, -0.2) is 34.1 Å². The van der Waals surface area contributed by atoms with Gasteiger partial charge in [-0.25, -0.2) is 4.98 Å². The summed E-state index contributed by atoms with van der Waals surface area (Å²) in [5.41, 5.74) is 2.23. The summed E-state index contributed by atoms with van der Waals surface area (Å²) in [6.45, 7) is 0.530. The molecule has 0 unspecified atom stereocenters. The van der Waals surface area contributed by atoms with Gasteiger partial charge in [0.2, 0.25) is 0 Å². The summed E-state index contributed by atoms with van der Waals surface area (Å²) in [4.78, 5) is 20.5. The maximum Gasteiger partial charge on any atom is 0.256 e. The molecule has 128 valence electrons. The number of hydrogen-bond acceptors (Lipinski definition) is 7. The van der Waals surface area contributed by atoms with Crippen molar-refractivity contribution >= 4 is 38.8 Å². The van der Waals surface area contributed by atoms with Crippen LogP contribution in [0.15, 0.2) is 55.0 Å². The van der Waals surface area contributed by atoms with Crippen molar-refractivity contribution in [2.75, 3.05) is 29.1 Å². The molecule has 3 aromatic rings. The molecule has 1 amide bonds. The Labute approximate surface area is 148 Å². The molecule has 0 aliphatic rings. The van der Waals surface area contributed by atoms with Crippen molar-refractivity contribution in [3.63, 3.8) is 0 Å². The second-order valence-corrected chi connectivity index (χ2v) is 6.11. The standard InChI is InChI=1S/C17H17N5O2S/c23-9-8-19-13-5-3-12(4-6-13)16(24)22-15-11-20-17(25-15)21-14-2-1-7-18-10-14/h1-7,10-11,19,23H,8-9H2,(H,20,21)(H,22,24). The molecule has 0 fully saturated rings. The van der Waals surface area contributed by atoms with Crippen molar-refractivity contribution in [2.45, 2.75) is 0 Å². The number of carbonyl (C=O) groups is 1. The van der Waals surface area contributed by atoms with E-state index in [1.807, 2.05) is 12.1 Å². The number of benzene rings is 1. The molecule has 3 rings (SSSR count). The lowest BCUT2D eigenvalue weighted by Crippen LogP contribution is -2.11. The Morgan fingerprint density at radius 1 is 1.12 bits per heavy atom. The number of aliphatic hydroxyl groups is 1. The number of carbonyl (C=O) groups excluding carboxylic acids is 1. The van der Waals surface area contributed by atoms with E-state index in [0.29, 0.717) is 22.2 Å². The van der Waals surface area contributed by atoms with E-state index in [0.717, 1.165) is 11.4 Å². The van der Waals surface area contributed by atoms with Crippen molar-refractivity contribution < 1.29 is 9.90 Å². The van der Waals surface area contributed by atoms with Gasteiger partial charge in [-0.1, -0.05) is 11.3 Å². The molecule has 0 radical (unpaired) electrons. The molecule has 0 saturated carbocycles.